The fraction of sp³-hybridized carbons (Fsp3) is 0.636. The highest BCUT2D eigenvalue weighted by molar-refractivity contribution is 14.0. The van der Waals surface area contributed by atoms with Crippen molar-refractivity contribution in [1.82, 2.24) is 16.0 Å². The molecule has 0 saturated heterocycles. The Hall–Kier alpha value is -1.62. The summed E-state index contributed by atoms with van der Waals surface area (Å²) in [5.41, 5.74) is -0.265. The zero-order valence-corrected chi connectivity index (χ0v) is 21.1. The van der Waals surface area contributed by atoms with Crippen molar-refractivity contribution in [3.8, 4) is 0 Å². The molecule has 176 valence electrons. The molecule has 31 heavy (non-hydrogen) atoms. The van der Waals surface area contributed by atoms with Crippen molar-refractivity contribution in [3.63, 3.8) is 0 Å². The van der Waals surface area contributed by atoms with Crippen molar-refractivity contribution in [2.45, 2.75) is 77.2 Å². The minimum atomic E-state index is -1.00. The number of amides is 1. The normalized spacial score (nSPS) is 20.3. The van der Waals surface area contributed by atoms with E-state index >= 15 is 0 Å². The van der Waals surface area contributed by atoms with Crippen molar-refractivity contribution in [3.05, 3.63) is 35.6 Å². The molecule has 9 heteroatoms. The van der Waals surface area contributed by atoms with Crippen molar-refractivity contribution in [1.29, 1.82) is 0 Å². The van der Waals surface area contributed by atoms with Crippen LogP contribution in [-0.2, 0) is 4.74 Å². The predicted molar refractivity (Wildman–Crippen MR) is 131 cm³/mol. The van der Waals surface area contributed by atoms with Gasteiger partial charge in [0.25, 0.3) is 0 Å². The molecule has 4 N–H and O–H groups in total. The van der Waals surface area contributed by atoms with E-state index in [4.69, 9.17) is 4.74 Å². The Labute approximate surface area is 201 Å². The van der Waals surface area contributed by atoms with Crippen LogP contribution in [-0.4, -0.2) is 47.9 Å². The Kier molecular flexibility index (Phi) is 11.5. The van der Waals surface area contributed by atoms with Crippen LogP contribution in [0.4, 0.5) is 9.18 Å². The highest BCUT2D eigenvalue weighted by Gasteiger charge is 2.25. The lowest BCUT2D eigenvalue weighted by Crippen LogP contribution is -2.48. The van der Waals surface area contributed by atoms with Gasteiger partial charge in [0.2, 0.25) is 0 Å². The zero-order valence-electron chi connectivity index (χ0n) is 18.8. The summed E-state index contributed by atoms with van der Waals surface area (Å²) in [6.45, 7) is 8.24. The first-order chi connectivity index (χ1) is 14.2. The first kappa shape index (κ1) is 27.4. The van der Waals surface area contributed by atoms with Crippen LogP contribution in [0.3, 0.4) is 0 Å². The number of hydrogen-bond donors (Lipinski definition) is 4. The lowest BCUT2D eigenvalue weighted by Gasteiger charge is -2.31. The Bertz CT molecular complexity index is 719. The third kappa shape index (κ3) is 10.0. The molecule has 0 spiro atoms. The summed E-state index contributed by atoms with van der Waals surface area (Å²) in [5.74, 6) is 0.158. The van der Waals surface area contributed by atoms with Crippen LogP contribution < -0.4 is 16.0 Å². The summed E-state index contributed by atoms with van der Waals surface area (Å²) >= 11 is 0. The molecule has 1 aromatic carbocycles. The number of alkyl carbamates (subject to hydrolysis) is 1. The number of ether oxygens (including phenoxy) is 1. The molecule has 1 unspecified atom stereocenters. The van der Waals surface area contributed by atoms with E-state index < -0.39 is 17.5 Å². The van der Waals surface area contributed by atoms with Crippen LogP contribution in [0.1, 0.15) is 65.0 Å². The fourth-order valence-electron chi connectivity index (χ4n) is 3.39. The Balaban J connectivity index is 0.00000480. The number of guanidine groups is 1. The van der Waals surface area contributed by atoms with Crippen LogP contribution in [0.5, 0.6) is 0 Å². The van der Waals surface area contributed by atoms with Gasteiger partial charge in [-0.2, -0.15) is 0 Å². The number of halogens is 2. The highest BCUT2D eigenvalue weighted by atomic mass is 127. The molecule has 1 aromatic rings. The molecule has 0 heterocycles. The molecule has 1 saturated carbocycles. The molecule has 2 rings (SSSR count). The number of hydrogen-bond acceptors (Lipinski definition) is 4. The Morgan fingerprint density at radius 2 is 1.77 bits per heavy atom. The molecule has 1 aliphatic carbocycles. The second-order valence-electron chi connectivity index (χ2n) is 8.60. The monoisotopic (exact) mass is 550 g/mol. The Morgan fingerprint density at radius 1 is 1.19 bits per heavy atom. The smallest absolute Gasteiger partial charge is 0.407 e. The van der Waals surface area contributed by atoms with Crippen LogP contribution in [0.25, 0.3) is 0 Å². The van der Waals surface area contributed by atoms with Crippen molar-refractivity contribution >= 4 is 36.0 Å². The molecule has 0 aliphatic heterocycles. The third-order valence-corrected chi connectivity index (χ3v) is 4.82. The number of aliphatic hydroxyl groups excluding tert-OH is 1. The van der Waals surface area contributed by atoms with Gasteiger partial charge in [-0.1, -0.05) is 18.2 Å². The van der Waals surface area contributed by atoms with Gasteiger partial charge < -0.3 is 25.8 Å². The average molecular weight is 550 g/mol. The van der Waals surface area contributed by atoms with E-state index in [1.54, 1.807) is 18.2 Å². The number of aliphatic imine (C=N–C) groups is 1. The molecular weight excluding hydrogens is 514 g/mol. The van der Waals surface area contributed by atoms with Gasteiger partial charge in [0.15, 0.2) is 5.96 Å². The maximum absolute atomic E-state index is 13.8. The number of aliphatic hydroxyl groups is 1. The number of benzene rings is 1. The van der Waals surface area contributed by atoms with Gasteiger partial charge in [0, 0.05) is 24.2 Å². The van der Waals surface area contributed by atoms with E-state index in [1.807, 2.05) is 27.7 Å². The SMILES string of the molecule is CCNC(=NCC(O)c1ccccc1F)NC1CCC(NC(=O)OC(C)(C)C)CC1.I. The number of nitrogens with zero attached hydrogens (tertiary/aromatic N) is 1. The largest absolute Gasteiger partial charge is 0.444 e. The lowest BCUT2D eigenvalue weighted by molar-refractivity contribution is 0.0490. The molecule has 0 bridgehead atoms. The number of rotatable bonds is 6. The molecule has 1 atom stereocenters. The summed E-state index contributed by atoms with van der Waals surface area (Å²) in [6, 6.07) is 6.49. The fourth-order valence-corrected chi connectivity index (χ4v) is 3.39. The number of carbonyl (C=O) groups is 1. The van der Waals surface area contributed by atoms with Crippen LogP contribution >= 0.6 is 24.0 Å². The Morgan fingerprint density at radius 3 is 2.32 bits per heavy atom. The minimum absolute atomic E-state index is 0. The minimum Gasteiger partial charge on any atom is -0.444 e. The second kappa shape index (κ2) is 13.0. The first-order valence-corrected chi connectivity index (χ1v) is 10.6. The standard InChI is InChI=1S/C22H35FN4O3.HI/c1-5-24-20(25-14-19(28)17-8-6-7-9-18(17)23)26-15-10-12-16(13-11-15)27-21(29)30-22(2,3)4;/h6-9,15-16,19,28H,5,10-14H2,1-4H3,(H,27,29)(H2,24,25,26);1H. The van der Waals surface area contributed by atoms with E-state index in [-0.39, 0.29) is 54.3 Å². The number of nitrogens with one attached hydrogen (secondary N) is 3. The van der Waals surface area contributed by atoms with Crippen molar-refractivity contribution < 1.29 is 19.0 Å². The number of carbonyl (C=O) groups excluding carboxylic acids is 1. The van der Waals surface area contributed by atoms with Gasteiger partial charge in [-0.25, -0.2) is 9.18 Å². The summed E-state index contributed by atoms with van der Waals surface area (Å²) in [5, 5.41) is 19.7. The van der Waals surface area contributed by atoms with Gasteiger partial charge >= 0.3 is 6.09 Å². The molecule has 0 radical (unpaired) electrons. The van der Waals surface area contributed by atoms with E-state index in [2.05, 4.69) is 20.9 Å². The third-order valence-electron chi connectivity index (χ3n) is 4.82. The van der Waals surface area contributed by atoms with E-state index in [0.29, 0.717) is 12.5 Å². The molecule has 0 aromatic heterocycles. The van der Waals surface area contributed by atoms with Crippen LogP contribution in [0.15, 0.2) is 29.3 Å². The molecular formula is C22H36FIN4O3. The van der Waals surface area contributed by atoms with Gasteiger partial charge in [-0.05, 0) is 59.4 Å². The van der Waals surface area contributed by atoms with Crippen molar-refractivity contribution in [2.75, 3.05) is 13.1 Å². The summed E-state index contributed by atoms with van der Waals surface area (Å²) < 4.78 is 19.1. The van der Waals surface area contributed by atoms with Crippen LogP contribution in [0, 0.1) is 5.82 Å². The van der Waals surface area contributed by atoms with E-state index in [9.17, 15) is 14.3 Å². The average Bonchev–Trinajstić information content (AvgIpc) is 2.66. The maximum atomic E-state index is 13.8. The summed E-state index contributed by atoms with van der Waals surface area (Å²) in [4.78, 5) is 16.4. The van der Waals surface area contributed by atoms with Crippen LogP contribution in [0.2, 0.25) is 0 Å². The van der Waals surface area contributed by atoms with Gasteiger partial charge in [0.1, 0.15) is 17.5 Å². The zero-order chi connectivity index (χ0) is 22.1. The van der Waals surface area contributed by atoms with Gasteiger partial charge in [0.05, 0.1) is 6.54 Å². The molecule has 1 amide bonds. The quantitative estimate of drug-likeness (QED) is 0.245. The molecule has 1 aliphatic rings. The maximum Gasteiger partial charge on any atom is 0.407 e. The summed E-state index contributed by atoms with van der Waals surface area (Å²) in [6.07, 6.45) is 2.05. The first-order valence-electron chi connectivity index (χ1n) is 10.6. The predicted octanol–water partition coefficient (Wildman–Crippen LogP) is 3.87. The summed E-state index contributed by atoms with van der Waals surface area (Å²) in [7, 11) is 0. The second-order valence-corrected chi connectivity index (χ2v) is 8.60. The van der Waals surface area contributed by atoms with E-state index in [0.717, 1.165) is 25.7 Å². The van der Waals surface area contributed by atoms with E-state index in [1.165, 1.54) is 6.07 Å². The molecule has 7 nitrogen and oxygen atoms in total. The highest BCUT2D eigenvalue weighted by Crippen LogP contribution is 2.20. The van der Waals surface area contributed by atoms with Crippen molar-refractivity contribution in [2.24, 2.45) is 4.99 Å². The topological polar surface area (TPSA) is 95.0 Å². The van der Waals surface area contributed by atoms with Gasteiger partial charge in [-0.3, -0.25) is 4.99 Å². The lowest BCUT2D eigenvalue weighted by atomic mass is 9.91. The van der Waals surface area contributed by atoms with Gasteiger partial charge in [-0.15, -0.1) is 24.0 Å². The molecule has 1 fully saturated rings.